The van der Waals surface area contributed by atoms with Crippen LogP contribution in [0.15, 0.2) is 6.07 Å². The number of rotatable bonds is 5. The Morgan fingerprint density at radius 1 is 1.20 bits per heavy atom. The predicted molar refractivity (Wildman–Crippen MR) is 125 cm³/mol. The van der Waals surface area contributed by atoms with Gasteiger partial charge in [0.2, 0.25) is 5.91 Å². The first-order chi connectivity index (χ1) is 16.3. The maximum atomic E-state index is 13.7. The number of phenolic OH excluding ortho intramolecular Hbond substituents is 1. The monoisotopic (exact) mass is 485 g/mol. The van der Waals surface area contributed by atoms with Gasteiger partial charge in [-0.15, -0.1) is 0 Å². The highest BCUT2D eigenvalue weighted by molar-refractivity contribution is 6.31. The summed E-state index contributed by atoms with van der Waals surface area (Å²) in [5, 5.41) is 25.6. The molecule has 0 bridgehead atoms. The largest absolute Gasteiger partial charge is 0.507 e. The first kappa shape index (κ1) is 25.0. The molecule has 10 nitrogen and oxygen atoms in total. The molecule has 3 aliphatic carbocycles. The molecular weight excluding hydrogens is 454 g/mol. The van der Waals surface area contributed by atoms with Gasteiger partial charge in [0.25, 0.3) is 0 Å². The van der Waals surface area contributed by atoms with Gasteiger partial charge < -0.3 is 26.2 Å². The van der Waals surface area contributed by atoms with Gasteiger partial charge in [-0.1, -0.05) is 13.8 Å². The lowest BCUT2D eigenvalue weighted by Crippen LogP contribution is -2.68. The molecule has 0 heterocycles. The normalized spacial score (nSPS) is 30.1. The van der Waals surface area contributed by atoms with Gasteiger partial charge in [-0.3, -0.25) is 24.0 Å². The Kier molecular flexibility index (Phi) is 6.09. The summed E-state index contributed by atoms with van der Waals surface area (Å²) in [6.07, 6.45) is -0.0204. The number of phenols is 1. The number of amides is 1. The topological polar surface area (TPSA) is 167 Å². The minimum Gasteiger partial charge on any atom is -0.507 e. The minimum absolute atomic E-state index is 0.0131. The van der Waals surface area contributed by atoms with Gasteiger partial charge in [-0.2, -0.15) is 0 Å². The van der Waals surface area contributed by atoms with Gasteiger partial charge in [0.15, 0.2) is 34.7 Å². The van der Waals surface area contributed by atoms with Crippen LogP contribution in [0.5, 0.6) is 5.75 Å². The number of nitrogens with two attached hydrogens (primary N) is 1. The van der Waals surface area contributed by atoms with Crippen LogP contribution in [0.3, 0.4) is 0 Å². The van der Waals surface area contributed by atoms with Gasteiger partial charge in [0, 0.05) is 50.3 Å². The number of anilines is 1. The van der Waals surface area contributed by atoms with Gasteiger partial charge in [-0.25, -0.2) is 0 Å². The maximum absolute atomic E-state index is 13.7. The van der Waals surface area contributed by atoms with Crippen LogP contribution in [0.2, 0.25) is 0 Å². The summed E-state index contributed by atoms with van der Waals surface area (Å²) in [4.78, 5) is 66.4. The lowest BCUT2D eigenvalue weighted by molar-refractivity contribution is -0.175. The van der Waals surface area contributed by atoms with Crippen molar-refractivity contribution in [2.45, 2.75) is 51.3 Å². The van der Waals surface area contributed by atoms with Crippen molar-refractivity contribution in [2.75, 3.05) is 19.0 Å². The van der Waals surface area contributed by atoms with Crippen molar-refractivity contribution in [1.29, 1.82) is 0 Å². The third-order valence-electron chi connectivity index (χ3n) is 7.64. The summed E-state index contributed by atoms with van der Waals surface area (Å²) in [5.74, 6) is -9.99. The molecule has 0 aromatic heterocycles. The fraction of sp³-hybridized carbons (Fsp3) is 0.560. The Hall–Kier alpha value is -3.11. The SMILES string of the molecule is CC(C)NCc1cc(N(C)C)c2c(c1O)C(=O)C1C(=O)[C@]3(O)C(=O)C(C(N)=O)C(=O)C[C@@H]3C[C@@H]1C2. The number of hydrogen-bond donors (Lipinski definition) is 4. The second-order valence-corrected chi connectivity index (χ2v) is 10.4. The number of nitrogens with zero attached hydrogens (tertiary/aromatic N) is 1. The zero-order valence-electron chi connectivity index (χ0n) is 20.3. The number of benzene rings is 1. The zero-order chi connectivity index (χ0) is 26.0. The summed E-state index contributed by atoms with van der Waals surface area (Å²) in [7, 11) is 3.63. The van der Waals surface area contributed by atoms with E-state index >= 15 is 0 Å². The van der Waals surface area contributed by atoms with Crippen molar-refractivity contribution < 1.29 is 34.2 Å². The van der Waals surface area contributed by atoms with Gasteiger partial charge in [0.1, 0.15) is 5.75 Å². The summed E-state index contributed by atoms with van der Waals surface area (Å²) >= 11 is 0. The molecule has 2 saturated carbocycles. The van der Waals surface area contributed by atoms with E-state index in [0.29, 0.717) is 17.7 Å². The van der Waals surface area contributed by atoms with E-state index < -0.39 is 58.3 Å². The first-order valence-electron chi connectivity index (χ1n) is 11.8. The summed E-state index contributed by atoms with van der Waals surface area (Å²) in [5.41, 5.74) is 4.39. The van der Waals surface area contributed by atoms with E-state index in [9.17, 15) is 34.2 Å². The van der Waals surface area contributed by atoms with Crippen LogP contribution >= 0.6 is 0 Å². The molecule has 188 valence electrons. The maximum Gasteiger partial charge on any atom is 0.235 e. The van der Waals surface area contributed by atoms with E-state index in [1.165, 1.54) is 0 Å². The molecule has 4 rings (SSSR count). The fourth-order valence-corrected chi connectivity index (χ4v) is 5.92. The summed E-state index contributed by atoms with van der Waals surface area (Å²) in [6, 6.07) is 1.93. The lowest BCUT2D eigenvalue weighted by atomic mass is 9.53. The third kappa shape index (κ3) is 3.66. The molecule has 0 spiro atoms. The number of ketones is 4. The molecule has 5 N–H and O–H groups in total. The fourth-order valence-electron chi connectivity index (χ4n) is 5.92. The smallest absolute Gasteiger partial charge is 0.235 e. The number of primary amides is 1. The van der Waals surface area contributed by atoms with E-state index in [1.807, 2.05) is 38.9 Å². The van der Waals surface area contributed by atoms with E-state index in [1.54, 1.807) is 0 Å². The zero-order valence-corrected chi connectivity index (χ0v) is 20.3. The number of aliphatic hydroxyl groups is 1. The van der Waals surface area contributed by atoms with Crippen LogP contribution in [0, 0.1) is 23.7 Å². The number of nitrogens with one attached hydrogen (secondary N) is 1. The number of fused-ring (bicyclic) bond motifs is 3. The van der Waals surface area contributed by atoms with Crippen LogP contribution in [0.1, 0.15) is 48.2 Å². The highest BCUT2D eigenvalue weighted by atomic mass is 16.3. The molecule has 1 amide bonds. The molecule has 35 heavy (non-hydrogen) atoms. The van der Waals surface area contributed by atoms with Crippen LogP contribution in [-0.2, 0) is 32.1 Å². The molecule has 0 saturated heterocycles. The number of carbonyl (C=O) groups is 5. The Bertz CT molecular complexity index is 1160. The molecule has 1 aromatic carbocycles. The molecule has 10 heteroatoms. The Morgan fingerprint density at radius 2 is 1.86 bits per heavy atom. The second kappa shape index (κ2) is 8.53. The molecule has 2 fully saturated rings. The molecular formula is C25H31N3O7. The van der Waals surface area contributed by atoms with Crippen molar-refractivity contribution in [1.82, 2.24) is 5.32 Å². The molecule has 3 aliphatic rings. The Morgan fingerprint density at radius 3 is 2.43 bits per heavy atom. The van der Waals surface area contributed by atoms with Crippen molar-refractivity contribution in [3.05, 3.63) is 22.8 Å². The number of Topliss-reactive ketones (excluding diaryl/α,β-unsaturated/α-hetero) is 4. The molecule has 1 aromatic rings. The predicted octanol–water partition coefficient (Wildman–Crippen LogP) is -0.109. The first-order valence-corrected chi connectivity index (χ1v) is 11.8. The Balaban J connectivity index is 1.82. The molecule has 2 unspecified atom stereocenters. The average Bonchev–Trinajstić information content (AvgIpc) is 2.75. The standard InChI is InChI=1S/C25H31N3O7/c1-10(2)27-9-12-7-15(28(3)4)14-6-11-5-13-8-16(29)19(24(26)34)23(33)25(13,35)22(32)17(11)21(31)18(14)20(12)30/h7,10-11,13,17,19,27,30,35H,5-6,8-9H2,1-4H3,(H2,26,34)/t11-,13+,17?,19?,25+/m1/s1. The number of carbonyl (C=O) groups excluding carboxylic acids is 5. The third-order valence-corrected chi connectivity index (χ3v) is 7.64. The van der Waals surface area contributed by atoms with Gasteiger partial charge in [-0.05, 0) is 30.4 Å². The summed E-state index contributed by atoms with van der Waals surface area (Å²) in [6.45, 7) is 4.18. The van der Waals surface area contributed by atoms with E-state index in [4.69, 9.17) is 5.73 Å². The Labute approximate surface area is 202 Å². The highest BCUT2D eigenvalue weighted by Gasteiger charge is 2.66. The van der Waals surface area contributed by atoms with Crippen LogP contribution in [0.4, 0.5) is 5.69 Å². The van der Waals surface area contributed by atoms with Crippen LogP contribution < -0.4 is 16.0 Å². The highest BCUT2D eigenvalue weighted by Crippen LogP contribution is 2.51. The second-order valence-electron chi connectivity index (χ2n) is 10.4. The van der Waals surface area contributed by atoms with E-state index in [-0.39, 0.29) is 36.6 Å². The lowest BCUT2D eigenvalue weighted by Gasteiger charge is -2.48. The number of aromatic hydroxyl groups is 1. The van der Waals surface area contributed by atoms with Crippen LogP contribution in [-0.4, -0.2) is 65.0 Å². The quantitative estimate of drug-likeness (QED) is 0.416. The average molecular weight is 486 g/mol. The molecule has 0 radical (unpaired) electrons. The molecule has 5 atom stereocenters. The summed E-state index contributed by atoms with van der Waals surface area (Å²) < 4.78 is 0. The number of hydrogen-bond acceptors (Lipinski definition) is 9. The van der Waals surface area contributed by atoms with Crippen molar-refractivity contribution in [3.8, 4) is 5.75 Å². The minimum atomic E-state index is -2.64. The van der Waals surface area contributed by atoms with Crippen molar-refractivity contribution in [3.63, 3.8) is 0 Å². The van der Waals surface area contributed by atoms with Gasteiger partial charge >= 0.3 is 0 Å². The van der Waals surface area contributed by atoms with E-state index in [2.05, 4.69) is 5.32 Å². The van der Waals surface area contributed by atoms with Crippen molar-refractivity contribution in [2.24, 2.45) is 29.4 Å². The molecule has 0 aliphatic heterocycles. The van der Waals surface area contributed by atoms with Crippen molar-refractivity contribution >= 4 is 34.7 Å². The van der Waals surface area contributed by atoms with Crippen LogP contribution in [0.25, 0.3) is 0 Å². The van der Waals surface area contributed by atoms with E-state index in [0.717, 1.165) is 5.69 Å². The van der Waals surface area contributed by atoms with Gasteiger partial charge in [0.05, 0.1) is 11.5 Å².